The molecule has 0 saturated carbocycles. The second kappa shape index (κ2) is 9.05. The molecule has 7 aromatic rings. The van der Waals surface area contributed by atoms with Gasteiger partial charge in [-0.2, -0.15) is 0 Å². The van der Waals surface area contributed by atoms with E-state index in [1.807, 2.05) is 0 Å². The minimum atomic E-state index is -0.177. The first-order valence-electron chi connectivity index (χ1n) is 16.2. The van der Waals surface area contributed by atoms with Crippen molar-refractivity contribution in [2.24, 2.45) is 0 Å². The van der Waals surface area contributed by atoms with E-state index < -0.39 is 0 Å². The molecule has 45 heavy (non-hydrogen) atoms. The number of hydrogen-bond donors (Lipinski definition) is 0. The minimum Gasteiger partial charge on any atom is -0.0619 e. The first-order chi connectivity index (χ1) is 21.7. The summed E-state index contributed by atoms with van der Waals surface area (Å²) < 4.78 is 0. The van der Waals surface area contributed by atoms with Crippen molar-refractivity contribution in [3.8, 4) is 44.5 Å². The fraction of sp³-hybridized carbons (Fsp3) is 0.156. The van der Waals surface area contributed by atoms with Crippen LogP contribution in [0, 0.1) is 6.92 Å². The van der Waals surface area contributed by atoms with E-state index in [9.17, 15) is 0 Å². The molecular formula is C45H36. The summed E-state index contributed by atoms with van der Waals surface area (Å²) in [5, 5.41) is 5.12. The molecule has 0 bridgehead atoms. The fourth-order valence-corrected chi connectivity index (χ4v) is 8.71. The van der Waals surface area contributed by atoms with Crippen molar-refractivity contribution in [2.75, 3.05) is 0 Å². The Kier molecular flexibility index (Phi) is 5.32. The summed E-state index contributed by atoms with van der Waals surface area (Å²) in [6, 6.07) is 48.0. The standard InChI is InChI=1S/C45H36/c1-27-18-23-35-37(24-27)45(4,5)43-39(33-22-20-29-13-7-9-15-31(29)26-33)42-40(34-16-10-11-17-36(34)44(42,2)3)38(41(35)43)32-21-19-28-12-6-8-14-30(28)25-32/h6-26H,1-5H3. The summed E-state index contributed by atoms with van der Waals surface area (Å²) in [4.78, 5) is 0. The smallest absolute Gasteiger partial charge is 0.0165 e. The number of benzene rings is 7. The van der Waals surface area contributed by atoms with Crippen molar-refractivity contribution in [2.45, 2.75) is 45.4 Å². The molecule has 0 radical (unpaired) electrons. The van der Waals surface area contributed by atoms with Gasteiger partial charge in [0.05, 0.1) is 0 Å². The predicted molar refractivity (Wildman–Crippen MR) is 192 cm³/mol. The second-order valence-electron chi connectivity index (χ2n) is 14.2. The van der Waals surface area contributed by atoms with E-state index in [0.717, 1.165) is 0 Å². The van der Waals surface area contributed by atoms with Gasteiger partial charge < -0.3 is 0 Å². The van der Waals surface area contributed by atoms with E-state index in [0.29, 0.717) is 0 Å². The van der Waals surface area contributed by atoms with Crippen LogP contribution in [-0.2, 0) is 10.8 Å². The Hall–Kier alpha value is -4.94. The minimum absolute atomic E-state index is 0.172. The molecule has 0 aromatic heterocycles. The number of fused-ring (bicyclic) bond motifs is 8. The van der Waals surface area contributed by atoms with Gasteiger partial charge in [-0.25, -0.2) is 0 Å². The van der Waals surface area contributed by atoms with Crippen molar-refractivity contribution in [1.82, 2.24) is 0 Å². The maximum atomic E-state index is 2.45. The predicted octanol–water partition coefficient (Wildman–Crippen LogP) is 12.2. The summed E-state index contributed by atoms with van der Waals surface area (Å²) >= 11 is 0. The van der Waals surface area contributed by atoms with Crippen LogP contribution in [0.3, 0.4) is 0 Å². The van der Waals surface area contributed by atoms with E-state index >= 15 is 0 Å². The SMILES string of the molecule is Cc1ccc2c(c1)C(C)(C)c1c-2c(-c2ccc3ccccc3c2)c2c(c1-c1ccc3ccccc3c1)C(C)(C)c1ccccc1-2. The Morgan fingerprint density at radius 3 is 1.49 bits per heavy atom. The largest absolute Gasteiger partial charge is 0.0619 e. The lowest BCUT2D eigenvalue weighted by Crippen LogP contribution is -2.21. The van der Waals surface area contributed by atoms with E-state index in [1.54, 1.807) is 0 Å². The van der Waals surface area contributed by atoms with Crippen LogP contribution in [0.15, 0.2) is 127 Å². The summed E-state index contributed by atoms with van der Waals surface area (Å²) in [5.41, 5.74) is 17.7. The van der Waals surface area contributed by atoms with Crippen molar-refractivity contribution >= 4 is 21.5 Å². The quantitative estimate of drug-likeness (QED) is 0.192. The van der Waals surface area contributed by atoms with Crippen molar-refractivity contribution in [3.05, 3.63) is 155 Å². The molecule has 7 aromatic carbocycles. The van der Waals surface area contributed by atoms with Gasteiger partial charge in [0, 0.05) is 10.8 Å². The molecule has 2 aliphatic rings. The maximum absolute atomic E-state index is 2.45. The molecule has 0 fully saturated rings. The van der Waals surface area contributed by atoms with Crippen molar-refractivity contribution < 1.29 is 0 Å². The highest BCUT2D eigenvalue weighted by atomic mass is 14.5. The summed E-state index contributed by atoms with van der Waals surface area (Å²) in [7, 11) is 0. The van der Waals surface area contributed by atoms with Gasteiger partial charge in [0.2, 0.25) is 0 Å². The highest BCUT2D eigenvalue weighted by Crippen LogP contribution is 2.64. The molecule has 0 nitrogen and oxygen atoms in total. The molecule has 0 unspecified atom stereocenters. The van der Waals surface area contributed by atoms with Gasteiger partial charge in [-0.05, 0) is 107 Å². The Morgan fingerprint density at radius 2 is 0.867 bits per heavy atom. The molecule has 0 aliphatic heterocycles. The van der Waals surface area contributed by atoms with Crippen LogP contribution in [0.25, 0.3) is 66.1 Å². The average molecular weight is 577 g/mol. The number of aryl methyl sites for hydroxylation is 1. The van der Waals surface area contributed by atoms with Gasteiger partial charge in [-0.1, -0.05) is 149 Å². The van der Waals surface area contributed by atoms with Crippen LogP contribution < -0.4 is 0 Å². The van der Waals surface area contributed by atoms with Gasteiger partial charge in [-0.15, -0.1) is 0 Å². The number of rotatable bonds is 2. The maximum Gasteiger partial charge on any atom is 0.0165 e. The average Bonchev–Trinajstić information content (AvgIpc) is 3.43. The van der Waals surface area contributed by atoms with Crippen LogP contribution in [0.1, 0.15) is 55.5 Å². The zero-order chi connectivity index (χ0) is 30.7. The fourth-order valence-electron chi connectivity index (χ4n) is 8.71. The third-order valence-corrected chi connectivity index (χ3v) is 10.8. The molecule has 216 valence electrons. The Labute approximate surface area is 266 Å². The number of hydrogen-bond acceptors (Lipinski definition) is 0. The Balaban J connectivity index is 1.53. The monoisotopic (exact) mass is 576 g/mol. The molecule has 0 N–H and O–H groups in total. The third kappa shape index (κ3) is 3.54. The van der Waals surface area contributed by atoms with E-state index in [-0.39, 0.29) is 10.8 Å². The zero-order valence-corrected chi connectivity index (χ0v) is 26.6. The van der Waals surface area contributed by atoms with E-state index in [4.69, 9.17) is 0 Å². The Morgan fingerprint density at radius 1 is 0.378 bits per heavy atom. The summed E-state index contributed by atoms with van der Waals surface area (Å²) in [6.07, 6.45) is 0. The molecule has 2 aliphatic carbocycles. The van der Waals surface area contributed by atoms with Gasteiger partial charge in [0.25, 0.3) is 0 Å². The van der Waals surface area contributed by atoms with Crippen LogP contribution in [0.5, 0.6) is 0 Å². The lowest BCUT2D eigenvalue weighted by molar-refractivity contribution is 0.642. The Bertz CT molecular complexity index is 2380. The zero-order valence-electron chi connectivity index (χ0n) is 26.6. The molecule has 0 atom stereocenters. The summed E-state index contributed by atoms with van der Waals surface area (Å²) in [5.74, 6) is 0. The molecule has 0 heteroatoms. The van der Waals surface area contributed by atoms with Crippen LogP contribution >= 0.6 is 0 Å². The van der Waals surface area contributed by atoms with Crippen molar-refractivity contribution in [1.29, 1.82) is 0 Å². The summed E-state index contributed by atoms with van der Waals surface area (Å²) in [6.45, 7) is 12.0. The normalized spacial score (nSPS) is 15.1. The van der Waals surface area contributed by atoms with E-state index in [2.05, 4.69) is 162 Å². The third-order valence-electron chi connectivity index (χ3n) is 10.8. The van der Waals surface area contributed by atoms with Gasteiger partial charge in [0.1, 0.15) is 0 Å². The van der Waals surface area contributed by atoms with Crippen LogP contribution in [-0.4, -0.2) is 0 Å². The molecular weight excluding hydrogens is 540 g/mol. The highest BCUT2D eigenvalue weighted by Gasteiger charge is 2.47. The molecule has 9 rings (SSSR count). The highest BCUT2D eigenvalue weighted by molar-refractivity contribution is 6.10. The molecule has 0 amide bonds. The lowest BCUT2D eigenvalue weighted by atomic mass is 9.70. The van der Waals surface area contributed by atoms with Gasteiger partial charge >= 0.3 is 0 Å². The van der Waals surface area contributed by atoms with Crippen LogP contribution in [0.2, 0.25) is 0 Å². The molecule has 0 heterocycles. The molecule has 0 saturated heterocycles. The first kappa shape index (κ1) is 26.5. The first-order valence-corrected chi connectivity index (χ1v) is 16.2. The van der Waals surface area contributed by atoms with Crippen molar-refractivity contribution in [3.63, 3.8) is 0 Å². The lowest BCUT2D eigenvalue weighted by Gasteiger charge is -2.32. The van der Waals surface area contributed by atoms with E-state index in [1.165, 1.54) is 93.9 Å². The topological polar surface area (TPSA) is 0 Å². The molecule has 0 spiro atoms. The van der Waals surface area contributed by atoms with Gasteiger partial charge in [0.15, 0.2) is 0 Å². The second-order valence-corrected chi connectivity index (χ2v) is 14.2. The van der Waals surface area contributed by atoms with Crippen LogP contribution in [0.4, 0.5) is 0 Å². The van der Waals surface area contributed by atoms with Gasteiger partial charge in [-0.3, -0.25) is 0 Å².